The van der Waals surface area contributed by atoms with E-state index >= 15 is 0 Å². The van der Waals surface area contributed by atoms with Gasteiger partial charge >= 0.3 is 6.09 Å². The van der Waals surface area contributed by atoms with Gasteiger partial charge in [0.05, 0.1) is 32.4 Å². The van der Waals surface area contributed by atoms with E-state index in [4.69, 9.17) is 14.2 Å². The summed E-state index contributed by atoms with van der Waals surface area (Å²) in [6, 6.07) is 7.85. The van der Waals surface area contributed by atoms with Crippen LogP contribution in [0.2, 0.25) is 0 Å². The molecule has 0 unspecified atom stereocenters. The van der Waals surface area contributed by atoms with Crippen molar-refractivity contribution in [3.63, 3.8) is 0 Å². The molecule has 0 aliphatic carbocycles. The zero-order valence-electron chi connectivity index (χ0n) is 14.2. The molecule has 128 valence electrons. The minimum Gasteiger partial charge on any atom is -0.497 e. The maximum absolute atomic E-state index is 11.9. The Labute approximate surface area is 137 Å². The summed E-state index contributed by atoms with van der Waals surface area (Å²) in [6.07, 6.45) is -0.413. The van der Waals surface area contributed by atoms with Crippen molar-refractivity contribution in [1.82, 2.24) is 10.6 Å². The molecule has 1 saturated heterocycles. The van der Waals surface area contributed by atoms with Gasteiger partial charge in [-0.3, -0.25) is 0 Å². The molecule has 2 atom stereocenters. The van der Waals surface area contributed by atoms with Crippen LogP contribution in [-0.2, 0) is 16.0 Å². The molecule has 2 rings (SSSR count). The van der Waals surface area contributed by atoms with Crippen molar-refractivity contribution in [2.45, 2.75) is 45.0 Å². The first-order chi connectivity index (χ1) is 10.9. The van der Waals surface area contributed by atoms with Gasteiger partial charge in [-0.05, 0) is 38.5 Å². The molecule has 1 amide bonds. The Balaban J connectivity index is 1.82. The second-order valence-corrected chi connectivity index (χ2v) is 6.63. The number of methoxy groups -OCH3 is 1. The van der Waals surface area contributed by atoms with Crippen LogP contribution in [0.4, 0.5) is 4.79 Å². The zero-order valence-corrected chi connectivity index (χ0v) is 14.2. The SMILES string of the molecule is COc1ccc(CN[C@H]2COC[C@H]2NC(=O)OC(C)(C)C)cc1. The van der Waals surface area contributed by atoms with Crippen LogP contribution in [0, 0.1) is 0 Å². The molecule has 0 saturated carbocycles. The van der Waals surface area contributed by atoms with Crippen molar-refractivity contribution in [2.24, 2.45) is 0 Å². The van der Waals surface area contributed by atoms with Gasteiger partial charge in [0, 0.05) is 6.54 Å². The number of alkyl carbamates (subject to hydrolysis) is 1. The highest BCUT2D eigenvalue weighted by atomic mass is 16.6. The number of rotatable bonds is 5. The number of amides is 1. The van der Waals surface area contributed by atoms with E-state index in [-0.39, 0.29) is 12.1 Å². The largest absolute Gasteiger partial charge is 0.497 e. The number of ether oxygens (including phenoxy) is 3. The first-order valence-electron chi connectivity index (χ1n) is 7.81. The number of carbonyl (C=O) groups excluding carboxylic acids is 1. The average molecular weight is 322 g/mol. The molecule has 1 aliphatic rings. The Hall–Kier alpha value is -1.79. The summed E-state index contributed by atoms with van der Waals surface area (Å²) in [5.41, 5.74) is 0.643. The third kappa shape index (κ3) is 5.73. The summed E-state index contributed by atoms with van der Waals surface area (Å²) < 4.78 is 15.9. The fraction of sp³-hybridized carbons (Fsp3) is 0.588. The summed E-state index contributed by atoms with van der Waals surface area (Å²) in [7, 11) is 1.65. The number of carbonyl (C=O) groups is 1. The van der Waals surface area contributed by atoms with E-state index in [1.165, 1.54) is 0 Å². The zero-order chi connectivity index (χ0) is 16.9. The van der Waals surface area contributed by atoms with Gasteiger partial charge in [-0.15, -0.1) is 0 Å². The average Bonchev–Trinajstić information content (AvgIpc) is 2.90. The van der Waals surface area contributed by atoms with Gasteiger partial charge in [-0.2, -0.15) is 0 Å². The lowest BCUT2D eigenvalue weighted by Crippen LogP contribution is -2.50. The van der Waals surface area contributed by atoms with Crippen LogP contribution in [0.15, 0.2) is 24.3 Å². The molecule has 2 N–H and O–H groups in total. The summed E-state index contributed by atoms with van der Waals surface area (Å²) in [6.45, 7) is 7.28. The first-order valence-corrected chi connectivity index (χ1v) is 7.81. The van der Waals surface area contributed by atoms with E-state index < -0.39 is 11.7 Å². The Bertz CT molecular complexity index is 510. The highest BCUT2D eigenvalue weighted by molar-refractivity contribution is 5.68. The van der Waals surface area contributed by atoms with Crippen molar-refractivity contribution in [1.29, 1.82) is 0 Å². The second kappa shape index (κ2) is 7.66. The van der Waals surface area contributed by atoms with Crippen LogP contribution < -0.4 is 15.4 Å². The minimum absolute atomic E-state index is 0.0598. The third-order valence-electron chi connectivity index (χ3n) is 3.51. The number of nitrogens with one attached hydrogen (secondary N) is 2. The standard InChI is InChI=1S/C17H26N2O4/c1-17(2,3)23-16(20)19-15-11-22-10-14(15)18-9-12-5-7-13(21-4)8-6-12/h5-8,14-15,18H,9-11H2,1-4H3,(H,19,20)/t14-,15+/m0/s1. The number of hydrogen-bond acceptors (Lipinski definition) is 5. The molecular weight excluding hydrogens is 296 g/mol. The Kier molecular flexibility index (Phi) is 5.85. The van der Waals surface area contributed by atoms with E-state index in [1.54, 1.807) is 7.11 Å². The minimum atomic E-state index is -0.504. The van der Waals surface area contributed by atoms with Crippen LogP contribution in [0.25, 0.3) is 0 Å². The van der Waals surface area contributed by atoms with Gasteiger partial charge in [0.1, 0.15) is 11.4 Å². The molecule has 1 aromatic rings. The van der Waals surface area contributed by atoms with Gasteiger partial charge in [0.2, 0.25) is 0 Å². The summed E-state index contributed by atoms with van der Waals surface area (Å²) >= 11 is 0. The molecule has 0 bridgehead atoms. The summed E-state index contributed by atoms with van der Waals surface area (Å²) in [5.74, 6) is 0.836. The molecule has 1 heterocycles. The van der Waals surface area contributed by atoms with Crippen LogP contribution in [0.1, 0.15) is 26.3 Å². The fourth-order valence-corrected chi connectivity index (χ4v) is 2.35. The third-order valence-corrected chi connectivity index (χ3v) is 3.51. The fourth-order valence-electron chi connectivity index (χ4n) is 2.35. The first kappa shape index (κ1) is 17.6. The van der Waals surface area contributed by atoms with E-state index in [1.807, 2.05) is 45.0 Å². The van der Waals surface area contributed by atoms with Crippen LogP contribution in [-0.4, -0.2) is 44.1 Å². The molecule has 1 aromatic carbocycles. The highest BCUT2D eigenvalue weighted by Crippen LogP contribution is 2.13. The molecule has 1 fully saturated rings. The van der Waals surface area contributed by atoms with Gasteiger partial charge in [0.25, 0.3) is 0 Å². The van der Waals surface area contributed by atoms with E-state index in [0.29, 0.717) is 19.8 Å². The molecule has 0 aromatic heterocycles. The molecule has 0 spiro atoms. The smallest absolute Gasteiger partial charge is 0.408 e. The molecule has 1 aliphatic heterocycles. The molecule has 0 radical (unpaired) electrons. The predicted molar refractivity (Wildman–Crippen MR) is 87.6 cm³/mol. The maximum atomic E-state index is 11.9. The highest BCUT2D eigenvalue weighted by Gasteiger charge is 2.30. The van der Waals surface area contributed by atoms with Crippen molar-refractivity contribution >= 4 is 6.09 Å². The second-order valence-electron chi connectivity index (χ2n) is 6.63. The van der Waals surface area contributed by atoms with E-state index in [2.05, 4.69) is 10.6 Å². The molecule has 6 heteroatoms. The quantitative estimate of drug-likeness (QED) is 0.868. The van der Waals surface area contributed by atoms with E-state index in [0.717, 1.165) is 11.3 Å². The van der Waals surface area contributed by atoms with Gasteiger partial charge in [-0.25, -0.2) is 4.79 Å². The molecule has 6 nitrogen and oxygen atoms in total. The van der Waals surface area contributed by atoms with Crippen molar-refractivity contribution in [3.8, 4) is 5.75 Å². The van der Waals surface area contributed by atoms with Crippen LogP contribution in [0.3, 0.4) is 0 Å². The van der Waals surface area contributed by atoms with Gasteiger partial charge in [-0.1, -0.05) is 12.1 Å². The Morgan fingerprint density at radius 2 is 1.87 bits per heavy atom. The lowest BCUT2D eigenvalue weighted by molar-refractivity contribution is 0.0494. The molecular formula is C17H26N2O4. The maximum Gasteiger partial charge on any atom is 0.408 e. The normalized spacial score (nSPS) is 21.0. The van der Waals surface area contributed by atoms with Crippen molar-refractivity contribution in [2.75, 3.05) is 20.3 Å². The van der Waals surface area contributed by atoms with Crippen molar-refractivity contribution < 1.29 is 19.0 Å². The van der Waals surface area contributed by atoms with Crippen molar-refractivity contribution in [3.05, 3.63) is 29.8 Å². The summed E-state index contributed by atoms with van der Waals surface area (Å²) in [5, 5.41) is 6.29. The monoisotopic (exact) mass is 322 g/mol. The van der Waals surface area contributed by atoms with Crippen LogP contribution >= 0.6 is 0 Å². The van der Waals surface area contributed by atoms with Gasteiger partial charge < -0.3 is 24.8 Å². The Morgan fingerprint density at radius 1 is 1.22 bits per heavy atom. The Morgan fingerprint density at radius 3 is 2.48 bits per heavy atom. The predicted octanol–water partition coefficient (Wildman–Crippen LogP) is 2.08. The lowest BCUT2D eigenvalue weighted by Gasteiger charge is -2.24. The number of hydrogen-bond donors (Lipinski definition) is 2. The number of benzene rings is 1. The summed E-state index contributed by atoms with van der Waals surface area (Å²) in [4.78, 5) is 11.9. The lowest BCUT2D eigenvalue weighted by atomic mass is 10.1. The topological polar surface area (TPSA) is 68.8 Å². The van der Waals surface area contributed by atoms with Gasteiger partial charge in [0.15, 0.2) is 0 Å². The van der Waals surface area contributed by atoms with E-state index in [9.17, 15) is 4.79 Å². The molecule has 23 heavy (non-hydrogen) atoms. The van der Waals surface area contributed by atoms with Crippen LogP contribution in [0.5, 0.6) is 5.75 Å².